The first-order chi connectivity index (χ1) is 8.27. The highest BCUT2D eigenvalue weighted by Gasteiger charge is 2.12. The zero-order valence-corrected chi connectivity index (χ0v) is 9.89. The molecule has 84 valence electrons. The van der Waals surface area contributed by atoms with Crippen LogP contribution < -0.4 is 0 Å². The molecule has 0 aliphatic carbocycles. The van der Waals surface area contributed by atoms with Crippen LogP contribution in [0, 0.1) is 0 Å². The molecule has 0 radical (unpaired) electrons. The summed E-state index contributed by atoms with van der Waals surface area (Å²) >= 11 is 12.0. The molecule has 0 atom stereocenters. The first kappa shape index (κ1) is 10.4. The van der Waals surface area contributed by atoms with Crippen LogP contribution in [-0.2, 0) is 0 Å². The molecule has 2 aromatic heterocycles. The predicted molar refractivity (Wildman–Crippen MR) is 64.5 cm³/mol. The van der Waals surface area contributed by atoms with Crippen LogP contribution in [0.2, 0.25) is 10.2 Å². The minimum absolute atomic E-state index is 0.272. The third kappa shape index (κ3) is 1.64. The van der Waals surface area contributed by atoms with E-state index in [1.54, 1.807) is 6.07 Å². The van der Waals surface area contributed by atoms with Gasteiger partial charge in [-0.15, -0.1) is 5.10 Å². The number of benzene rings is 1. The number of hydrogen-bond acceptors (Lipinski definition) is 4. The summed E-state index contributed by atoms with van der Waals surface area (Å²) in [4.78, 5) is 7.95. The van der Waals surface area contributed by atoms with Gasteiger partial charge in [0.15, 0.2) is 16.3 Å². The zero-order chi connectivity index (χ0) is 11.8. The number of halogens is 2. The molecule has 3 rings (SSSR count). The average Bonchev–Trinajstić information content (AvgIpc) is 2.75. The van der Waals surface area contributed by atoms with Crippen molar-refractivity contribution in [2.45, 2.75) is 0 Å². The predicted octanol–water partition coefficient (Wildman–Crippen LogP) is 2.52. The summed E-state index contributed by atoms with van der Waals surface area (Å²) in [6.07, 6.45) is 1.36. The summed E-state index contributed by atoms with van der Waals surface area (Å²) < 4.78 is 1.53. The summed E-state index contributed by atoms with van der Waals surface area (Å²) in [5.41, 5.74) is 1.68. The topological polar surface area (TPSA) is 56.5 Å². The molecule has 0 fully saturated rings. The van der Waals surface area contributed by atoms with E-state index in [9.17, 15) is 0 Å². The maximum absolute atomic E-state index is 6.09. The average molecular weight is 266 g/mol. The molecule has 0 unspecified atom stereocenters. The fourth-order valence-electron chi connectivity index (χ4n) is 1.51. The molecule has 0 amide bonds. The quantitative estimate of drug-likeness (QED) is 0.635. The van der Waals surface area contributed by atoms with Crippen molar-refractivity contribution in [2.24, 2.45) is 0 Å². The molecular formula is C10H5Cl2N5. The smallest absolute Gasteiger partial charge is 0.188 e. The van der Waals surface area contributed by atoms with Gasteiger partial charge in [-0.25, -0.2) is 9.97 Å². The first-order valence-corrected chi connectivity index (χ1v) is 5.50. The summed E-state index contributed by atoms with van der Waals surface area (Å²) in [6.45, 7) is 0. The molecule has 17 heavy (non-hydrogen) atoms. The number of rotatable bonds is 1. The van der Waals surface area contributed by atoms with Crippen LogP contribution >= 0.6 is 23.2 Å². The van der Waals surface area contributed by atoms with Crippen molar-refractivity contribution in [3.05, 3.63) is 40.8 Å². The van der Waals surface area contributed by atoms with Gasteiger partial charge in [0.05, 0.1) is 10.7 Å². The highest BCUT2D eigenvalue weighted by Crippen LogP contribution is 2.23. The SMILES string of the molecule is Clc1ccccc1-n1nnc2c(Cl)ncnc21. The lowest BCUT2D eigenvalue weighted by molar-refractivity contribution is 0.817. The van der Waals surface area contributed by atoms with E-state index in [0.717, 1.165) is 0 Å². The largest absolute Gasteiger partial charge is 0.222 e. The summed E-state index contributed by atoms with van der Waals surface area (Å²) in [7, 11) is 0. The Morgan fingerprint density at radius 2 is 1.88 bits per heavy atom. The van der Waals surface area contributed by atoms with Gasteiger partial charge in [0.1, 0.15) is 6.33 Å². The van der Waals surface area contributed by atoms with Crippen LogP contribution in [0.3, 0.4) is 0 Å². The van der Waals surface area contributed by atoms with E-state index in [1.807, 2.05) is 18.2 Å². The van der Waals surface area contributed by atoms with Crippen molar-refractivity contribution in [3.63, 3.8) is 0 Å². The fourth-order valence-corrected chi connectivity index (χ4v) is 1.89. The Labute approximate surface area is 106 Å². The monoisotopic (exact) mass is 265 g/mol. The Morgan fingerprint density at radius 3 is 2.71 bits per heavy atom. The number of hydrogen-bond donors (Lipinski definition) is 0. The van der Waals surface area contributed by atoms with Gasteiger partial charge in [-0.2, -0.15) is 4.68 Å². The second-order valence-corrected chi connectivity index (χ2v) is 4.05. The van der Waals surface area contributed by atoms with Crippen molar-refractivity contribution in [3.8, 4) is 5.69 Å². The maximum Gasteiger partial charge on any atom is 0.188 e. The number of fused-ring (bicyclic) bond motifs is 1. The summed E-state index contributed by atoms with van der Waals surface area (Å²) in [5, 5.41) is 8.75. The van der Waals surface area contributed by atoms with Crippen LogP contribution in [0.5, 0.6) is 0 Å². The van der Waals surface area contributed by atoms with Gasteiger partial charge in [0.25, 0.3) is 0 Å². The summed E-state index contributed by atoms with van der Waals surface area (Å²) in [5.74, 6) is 0. The Balaban J connectivity index is 2.33. The van der Waals surface area contributed by atoms with E-state index < -0.39 is 0 Å². The van der Waals surface area contributed by atoms with Crippen molar-refractivity contribution in [1.82, 2.24) is 25.0 Å². The van der Waals surface area contributed by atoms with E-state index in [0.29, 0.717) is 21.9 Å². The Morgan fingerprint density at radius 1 is 1.06 bits per heavy atom. The van der Waals surface area contributed by atoms with Gasteiger partial charge in [-0.3, -0.25) is 0 Å². The van der Waals surface area contributed by atoms with Crippen molar-refractivity contribution < 1.29 is 0 Å². The van der Waals surface area contributed by atoms with E-state index >= 15 is 0 Å². The van der Waals surface area contributed by atoms with Gasteiger partial charge < -0.3 is 0 Å². The Hall–Kier alpha value is -1.72. The number of para-hydroxylation sites is 1. The minimum Gasteiger partial charge on any atom is -0.222 e. The van der Waals surface area contributed by atoms with E-state index in [2.05, 4.69) is 20.3 Å². The molecule has 0 N–H and O–H groups in total. The fraction of sp³-hybridized carbons (Fsp3) is 0. The summed E-state index contributed by atoms with van der Waals surface area (Å²) in [6, 6.07) is 7.30. The van der Waals surface area contributed by atoms with Crippen LogP contribution in [0.25, 0.3) is 16.9 Å². The van der Waals surface area contributed by atoms with E-state index in [4.69, 9.17) is 23.2 Å². The normalized spacial score (nSPS) is 10.9. The molecular weight excluding hydrogens is 261 g/mol. The van der Waals surface area contributed by atoms with Crippen LogP contribution in [0.4, 0.5) is 0 Å². The molecule has 0 saturated heterocycles. The van der Waals surface area contributed by atoms with Gasteiger partial charge in [-0.1, -0.05) is 40.5 Å². The molecule has 2 heterocycles. The molecule has 0 spiro atoms. The third-order valence-electron chi connectivity index (χ3n) is 2.27. The maximum atomic E-state index is 6.09. The Kier molecular flexibility index (Phi) is 2.42. The lowest BCUT2D eigenvalue weighted by Gasteiger charge is -2.02. The van der Waals surface area contributed by atoms with Crippen molar-refractivity contribution >= 4 is 34.4 Å². The van der Waals surface area contributed by atoms with Gasteiger partial charge in [-0.05, 0) is 12.1 Å². The highest BCUT2D eigenvalue weighted by atomic mass is 35.5. The van der Waals surface area contributed by atoms with Crippen molar-refractivity contribution in [2.75, 3.05) is 0 Å². The second kappa shape index (κ2) is 3.94. The second-order valence-electron chi connectivity index (χ2n) is 3.29. The van der Waals surface area contributed by atoms with Gasteiger partial charge in [0.2, 0.25) is 0 Å². The first-order valence-electron chi connectivity index (χ1n) is 4.74. The molecule has 1 aromatic carbocycles. The molecule has 5 nitrogen and oxygen atoms in total. The third-order valence-corrected chi connectivity index (χ3v) is 2.87. The van der Waals surface area contributed by atoms with Gasteiger partial charge >= 0.3 is 0 Å². The zero-order valence-electron chi connectivity index (χ0n) is 8.38. The van der Waals surface area contributed by atoms with Crippen molar-refractivity contribution in [1.29, 1.82) is 0 Å². The minimum atomic E-state index is 0.272. The van der Waals surface area contributed by atoms with E-state index in [-0.39, 0.29) is 5.15 Å². The highest BCUT2D eigenvalue weighted by molar-refractivity contribution is 6.33. The standard InChI is InChI=1S/C10H5Cl2N5/c11-6-3-1-2-4-7(6)17-10-8(15-16-17)9(12)13-5-14-10/h1-5H. The lowest BCUT2D eigenvalue weighted by Crippen LogP contribution is -1.98. The molecule has 0 aliphatic rings. The molecule has 0 aliphatic heterocycles. The van der Waals surface area contributed by atoms with Crippen LogP contribution in [0.15, 0.2) is 30.6 Å². The number of aromatic nitrogens is 5. The number of nitrogens with zero attached hydrogens (tertiary/aromatic N) is 5. The van der Waals surface area contributed by atoms with Crippen LogP contribution in [-0.4, -0.2) is 25.0 Å². The lowest BCUT2D eigenvalue weighted by atomic mass is 10.3. The molecule has 7 heteroatoms. The van der Waals surface area contributed by atoms with E-state index in [1.165, 1.54) is 11.0 Å². The Bertz CT molecular complexity index is 694. The van der Waals surface area contributed by atoms with Gasteiger partial charge in [0, 0.05) is 0 Å². The molecule has 0 bridgehead atoms. The molecule has 0 saturated carbocycles. The van der Waals surface area contributed by atoms with Crippen LogP contribution in [0.1, 0.15) is 0 Å². The molecule has 3 aromatic rings.